The van der Waals surface area contributed by atoms with Gasteiger partial charge in [-0.1, -0.05) is 12.1 Å². The molecule has 124 valence electrons. The zero-order valence-corrected chi connectivity index (χ0v) is 14.2. The standard InChI is InChI=1S/C19H21N3O2/c1-13-20-17-12-15(8-9-18(17)22(13)2)21-19(23)10-7-14-5-4-6-16(11-14)24-3/h4-6,8-9,11-12H,7,10H2,1-3H3,(H,21,23). The third kappa shape index (κ3) is 3.40. The highest BCUT2D eigenvalue weighted by molar-refractivity contribution is 5.93. The van der Waals surface area contributed by atoms with E-state index in [4.69, 9.17) is 4.74 Å². The summed E-state index contributed by atoms with van der Waals surface area (Å²) in [6.45, 7) is 1.96. The Morgan fingerprint density at radius 2 is 2.08 bits per heavy atom. The van der Waals surface area contributed by atoms with Crippen LogP contribution < -0.4 is 10.1 Å². The summed E-state index contributed by atoms with van der Waals surface area (Å²) in [5.41, 5.74) is 3.80. The van der Waals surface area contributed by atoms with Gasteiger partial charge in [0.25, 0.3) is 0 Å². The Bertz CT molecular complexity index is 883. The Morgan fingerprint density at radius 3 is 2.88 bits per heavy atom. The zero-order chi connectivity index (χ0) is 17.1. The molecule has 0 aliphatic rings. The highest BCUT2D eigenvalue weighted by atomic mass is 16.5. The quantitative estimate of drug-likeness (QED) is 0.782. The molecule has 0 unspecified atom stereocenters. The average molecular weight is 323 g/mol. The van der Waals surface area contributed by atoms with E-state index in [9.17, 15) is 4.79 Å². The van der Waals surface area contributed by atoms with Crippen molar-refractivity contribution in [2.45, 2.75) is 19.8 Å². The number of hydrogen-bond acceptors (Lipinski definition) is 3. The smallest absolute Gasteiger partial charge is 0.224 e. The molecule has 0 aliphatic carbocycles. The summed E-state index contributed by atoms with van der Waals surface area (Å²) in [6, 6.07) is 13.6. The van der Waals surface area contributed by atoms with E-state index < -0.39 is 0 Å². The SMILES string of the molecule is COc1cccc(CCC(=O)Nc2ccc3c(c2)nc(C)n3C)c1. The van der Waals surface area contributed by atoms with Crippen LogP contribution in [-0.4, -0.2) is 22.6 Å². The maximum Gasteiger partial charge on any atom is 0.224 e. The average Bonchev–Trinajstić information content (AvgIpc) is 2.87. The van der Waals surface area contributed by atoms with Crippen molar-refractivity contribution in [3.05, 3.63) is 53.9 Å². The summed E-state index contributed by atoms with van der Waals surface area (Å²) < 4.78 is 7.23. The molecule has 2 aromatic carbocycles. The molecule has 3 aromatic rings. The number of rotatable bonds is 5. The number of benzene rings is 2. The van der Waals surface area contributed by atoms with Gasteiger partial charge in [-0.05, 0) is 49.2 Å². The molecule has 1 heterocycles. The minimum atomic E-state index is -0.00942. The van der Waals surface area contributed by atoms with Crippen LogP contribution in [0.3, 0.4) is 0 Å². The molecule has 1 amide bonds. The molecule has 0 saturated heterocycles. The summed E-state index contributed by atoms with van der Waals surface area (Å²) in [5.74, 6) is 1.75. The third-order valence-electron chi connectivity index (χ3n) is 4.16. The van der Waals surface area contributed by atoms with Crippen LogP contribution >= 0.6 is 0 Å². The number of hydrogen-bond donors (Lipinski definition) is 1. The zero-order valence-electron chi connectivity index (χ0n) is 14.2. The van der Waals surface area contributed by atoms with Crippen molar-refractivity contribution in [1.29, 1.82) is 0 Å². The molecule has 0 atom stereocenters. The van der Waals surface area contributed by atoms with Crippen molar-refractivity contribution in [2.24, 2.45) is 7.05 Å². The highest BCUT2D eigenvalue weighted by Crippen LogP contribution is 2.20. The highest BCUT2D eigenvalue weighted by Gasteiger charge is 2.08. The lowest BCUT2D eigenvalue weighted by Crippen LogP contribution is -2.12. The van der Waals surface area contributed by atoms with Gasteiger partial charge in [0.15, 0.2) is 0 Å². The molecule has 0 aliphatic heterocycles. The van der Waals surface area contributed by atoms with E-state index in [1.807, 2.05) is 61.0 Å². The molecule has 0 fully saturated rings. The Kier molecular flexibility index (Phi) is 4.51. The van der Waals surface area contributed by atoms with Crippen LogP contribution in [-0.2, 0) is 18.3 Å². The van der Waals surface area contributed by atoms with Gasteiger partial charge in [-0.15, -0.1) is 0 Å². The lowest BCUT2D eigenvalue weighted by atomic mass is 10.1. The number of ether oxygens (including phenoxy) is 1. The van der Waals surface area contributed by atoms with Gasteiger partial charge in [0.1, 0.15) is 11.6 Å². The van der Waals surface area contributed by atoms with Crippen LogP contribution in [0.1, 0.15) is 17.8 Å². The maximum atomic E-state index is 12.2. The molecule has 5 heteroatoms. The van der Waals surface area contributed by atoms with Crippen molar-refractivity contribution >= 4 is 22.6 Å². The van der Waals surface area contributed by atoms with E-state index in [-0.39, 0.29) is 5.91 Å². The lowest BCUT2D eigenvalue weighted by Gasteiger charge is -2.07. The fraction of sp³-hybridized carbons (Fsp3) is 0.263. The number of methoxy groups -OCH3 is 1. The maximum absolute atomic E-state index is 12.2. The minimum absolute atomic E-state index is 0.00942. The van der Waals surface area contributed by atoms with Crippen LogP contribution in [0, 0.1) is 6.92 Å². The molecule has 0 radical (unpaired) electrons. The molecule has 24 heavy (non-hydrogen) atoms. The molecular weight excluding hydrogens is 302 g/mol. The summed E-state index contributed by atoms with van der Waals surface area (Å²) in [7, 11) is 3.62. The topological polar surface area (TPSA) is 56.1 Å². The van der Waals surface area contributed by atoms with E-state index >= 15 is 0 Å². The fourth-order valence-corrected chi connectivity index (χ4v) is 2.71. The number of nitrogens with one attached hydrogen (secondary N) is 1. The first-order valence-corrected chi connectivity index (χ1v) is 7.92. The number of anilines is 1. The van der Waals surface area contributed by atoms with Gasteiger partial charge in [0.05, 0.1) is 18.1 Å². The van der Waals surface area contributed by atoms with Crippen LogP contribution in [0.2, 0.25) is 0 Å². The molecule has 1 N–H and O–H groups in total. The van der Waals surface area contributed by atoms with E-state index in [0.29, 0.717) is 12.8 Å². The van der Waals surface area contributed by atoms with E-state index in [1.54, 1.807) is 7.11 Å². The summed E-state index contributed by atoms with van der Waals surface area (Å²) in [6.07, 6.45) is 1.10. The second kappa shape index (κ2) is 6.74. The van der Waals surface area contributed by atoms with Gasteiger partial charge in [-0.25, -0.2) is 4.98 Å². The van der Waals surface area contributed by atoms with E-state index in [2.05, 4.69) is 10.3 Å². The predicted molar refractivity (Wildman–Crippen MR) is 95.4 cm³/mol. The van der Waals surface area contributed by atoms with Gasteiger partial charge in [0, 0.05) is 19.2 Å². The van der Waals surface area contributed by atoms with Gasteiger partial charge in [-0.2, -0.15) is 0 Å². The number of carbonyl (C=O) groups is 1. The summed E-state index contributed by atoms with van der Waals surface area (Å²) in [4.78, 5) is 16.7. The third-order valence-corrected chi connectivity index (χ3v) is 4.16. The molecule has 5 nitrogen and oxygen atoms in total. The van der Waals surface area contributed by atoms with E-state index in [0.717, 1.165) is 33.9 Å². The molecule has 0 spiro atoms. The Labute approximate surface area is 141 Å². The van der Waals surface area contributed by atoms with Crippen LogP contribution in [0.5, 0.6) is 5.75 Å². The Hall–Kier alpha value is -2.82. The van der Waals surface area contributed by atoms with Crippen molar-refractivity contribution in [1.82, 2.24) is 9.55 Å². The van der Waals surface area contributed by atoms with Crippen molar-refractivity contribution < 1.29 is 9.53 Å². The van der Waals surface area contributed by atoms with Crippen LogP contribution in [0.25, 0.3) is 11.0 Å². The number of carbonyl (C=O) groups excluding carboxylic acids is 1. The van der Waals surface area contributed by atoms with Crippen molar-refractivity contribution in [2.75, 3.05) is 12.4 Å². The van der Waals surface area contributed by atoms with Gasteiger partial charge >= 0.3 is 0 Å². The van der Waals surface area contributed by atoms with E-state index in [1.165, 1.54) is 0 Å². The van der Waals surface area contributed by atoms with Crippen LogP contribution in [0.15, 0.2) is 42.5 Å². The molecular formula is C19H21N3O2. The first-order chi connectivity index (χ1) is 11.6. The fourth-order valence-electron chi connectivity index (χ4n) is 2.71. The Balaban J connectivity index is 1.64. The molecule has 0 saturated carbocycles. The minimum Gasteiger partial charge on any atom is -0.497 e. The van der Waals surface area contributed by atoms with Crippen molar-refractivity contribution in [3.8, 4) is 5.75 Å². The normalized spacial score (nSPS) is 10.8. The first kappa shape index (κ1) is 16.1. The van der Waals surface area contributed by atoms with Gasteiger partial charge in [0.2, 0.25) is 5.91 Å². The second-order valence-electron chi connectivity index (χ2n) is 5.82. The number of nitrogens with zero attached hydrogens (tertiary/aromatic N) is 2. The number of amides is 1. The molecule has 1 aromatic heterocycles. The number of imidazole rings is 1. The summed E-state index contributed by atoms with van der Waals surface area (Å²) >= 11 is 0. The van der Waals surface area contributed by atoms with Gasteiger partial charge in [-0.3, -0.25) is 4.79 Å². The number of fused-ring (bicyclic) bond motifs is 1. The van der Waals surface area contributed by atoms with Gasteiger partial charge < -0.3 is 14.6 Å². The second-order valence-corrected chi connectivity index (χ2v) is 5.82. The number of aryl methyl sites for hydroxylation is 3. The number of aromatic nitrogens is 2. The molecule has 3 rings (SSSR count). The van der Waals surface area contributed by atoms with Crippen LogP contribution in [0.4, 0.5) is 5.69 Å². The monoisotopic (exact) mass is 323 g/mol. The first-order valence-electron chi connectivity index (χ1n) is 7.92. The largest absolute Gasteiger partial charge is 0.497 e. The lowest BCUT2D eigenvalue weighted by molar-refractivity contribution is -0.116. The Morgan fingerprint density at radius 1 is 1.25 bits per heavy atom. The predicted octanol–water partition coefficient (Wildman–Crippen LogP) is 3.46. The van der Waals surface area contributed by atoms with Crippen molar-refractivity contribution in [3.63, 3.8) is 0 Å². The summed E-state index contributed by atoms with van der Waals surface area (Å²) in [5, 5.41) is 2.94. The molecule has 0 bridgehead atoms.